The summed E-state index contributed by atoms with van der Waals surface area (Å²) in [5.74, 6) is -0.260. The summed E-state index contributed by atoms with van der Waals surface area (Å²) < 4.78 is 7.06. The van der Waals surface area contributed by atoms with Crippen molar-refractivity contribution < 1.29 is 9.53 Å². The molecule has 25 heavy (non-hydrogen) atoms. The lowest BCUT2D eigenvalue weighted by atomic mass is 10.1. The second kappa shape index (κ2) is 7.78. The van der Waals surface area contributed by atoms with Gasteiger partial charge in [0.15, 0.2) is 5.69 Å². The molecule has 1 amide bonds. The van der Waals surface area contributed by atoms with Crippen molar-refractivity contribution >= 4 is 16.7 Å². The van der Waals surface area contributed by atoms with Gasteiger partial charge >= 0.3 is 0 Å². The molecule has 1 fully saturated rings. The molecule has 1 aromatic heterocycles. The fourth-order valence-electron chi connectivity index (χ4n) is 3.23. The van der Waals surface area contributed by atoms with E-state index in [1.54, 1.807) is 12.1 Å². The van der Waals surface area contributed by atoms with Gasteiger partial charge in [0, 0.05) is 18.5 Å². The Kier molecular flexibility index (Phi) is 5.48. The zero-order chi connectivity index (χ0) is 17.8. The average Bonchev–Trinajstić information content (AvgIpc) is 3.16. The number of ether oxygens (including phenoxy) is 1. The van der Waals surface area contributed by atoms with E-state index in [0.717, 1.165) is 32.3 Å². The van der Waals surface area contributed by atoms with Crippen LogP contribution < -0.4 is 10.9 Å². The first-order valence-electron chi connectivity index (χ1n) is 9.04. The molecule has 6 nitrogen and oxygen atoms in total. The molecule has 0 saturated carbocycles. The van der Waals surface area contributed by atoms with E-state index in [1.807, 2.05) is 19.1 Å². The number of carbonyl (C=O) groups excluding carboxylic acids is 1. The number of benzene rings is 1. The zero-order valence-electron chi connectivity index (χ0n) is 14.8. The van der Waals surface area contributed by atoms with Crippen LogP contribution in [0.15, 0.2) is 29.1 Å². The van der Waals surface area contributed by atoms with E-state index in [2.05, 4.69) is 17.3 Å². The summed E-state index contributed by atoms with van der Waals surface area (Å²) in [6, 6.07) is 7.07. The molecule has 1 aliphatic heterocycles. The van der Waals surface area contributed by atoms with Crippen molar-refractivity contribution in [3.05, 3.63) is 40.3 Å². The predicted molar refractivity (Wildman–Crippen MR) is 96.8 cm³/mol. The van der Waals surface area contributed by atoms with Crippen LogP contribution in [0.25, 0.3) is 10.8 Å². The van der Waals surface area contributed by atoms with Crippen molar-refractivity contribution in [2.45, 2.75) is 58.2 Å². The van der Waals surface area contributed by atoms with Gasteiger partial charge in [-0.05, 0) is 32.3 Å². The number of aromatic nitrogens is 2. The molecule has 3 rings (SSSR count). The molecule has 1 aromatic carbocycles. The highest BCUT2D eigenvalue weighted by Crippen LogP contribution is 2.17. The fourth-order valence-corrected chi connectivity index (χ4v) is 3.23. The maximum Gasteiger partial charge on any atom is 0.274 e. The predicted octanol–water partition coefficient (Wildman–Crippen LogP) is 2.49. The van der Waals surface area contributed by atoms with Crippen LogP contribution in [0.5, 0.6) is 0 Å². The van der Waals surface area contributed by atoms with Gasteiger partial charge in [0.2, 0.25) is 0 Å². The van der Waals surface area contributed by atoms with Crippen molar-refractivity contribution in [1.29, 1.82) is 0 Å². The van der Waals surface area contributed by atoms with Crippen LogP contribution in [0.1, 0.15) is 50.0 Å². The summed E-state index contributed by atoms with van der Waals surface area (Å²) >= 11 is 0. The minimum Gasteiger partial charge on any atom is -0.376 e. The first-order valence-corrected chi connectivity index (χ1v) is 9.04. The van der Waals surface area contributed by atoms with Crippen molar-refractivity contribution in [3.8, 4) is 0 Å². The lowest BCUT2D eigenvalue weighted by Crippen LogP contribution is -2.42. The average molecular weight is 343 g/mol. The van der Waals surface area contributed by atoms with E-state index < -0.39 is 0 Å². The molecule has 0 spiro atoms. The Morgan fingerprint density at radius 2 is 2.16 bits per heavy atom. The number of hydrogen-bond donors (Lipinski definition) is 1. The summed E-state index contributed by atoms with van der Waals surface area (Å²) in [5.41, 5.74) is 0.156. The summed E-state index contributed by atoms with van der Waals surface area (Å²) in [6.45, 7) is 5.27. The van der Waals surface area contributed by atoms with E-state index in [9.17, 15) is 9.59 Å². The minimum absolute atomic E-state index is 0.0428. The maximum atomic E-state index is 12.8. The van der Waals surface area contributed by atoms with Gasteiger partial charge in [0.25, 0.3) is 11.5 Å². The molecule has 2 unspecified atom stereocenters. The normalized spacial score (nSPS) is 18.4. The van der Waals surface area contributed by atoms with Gasteiger partial charge in [0.05, 0.1) is 17.5 Å². The zero-order valence-corrected chi connectivity index (χ0v) is 14.8. The number of nitrogens with zero attached hydrogens (tertiary/aromatic N) is 2. The highest BCUT2D eigenvalue weighted by Gasteiger charge is 2.25. The van der Waals surface area contributed by atoms with Gasteiger partial charge in [-0.3, -0.25) is 9.59 Å². The van der Waals surface area contributed by atoms with E-state index in [0.29, 0.717) is 23.0 Å². The standard InChI is InChI=1S/C19H25N3O3/c1-3-4-11-22-19(24)15-9-6-5-8-14(15)17(21-22)18(23)20-13(2)16-10-7-12-25-16/h5-6,8-9,13,16H,3-4,7,10-12H2,1-2H3,(H,20,23). The van der Waals surface area contributed by atoms with Crippen molar-refractivity contribution in [2.75, 3.05) is 6.61 Å². The van der Waals surface area contributed by atoms with Gasteiger partial charge < -0.3 is 10.1 Å². The summed E-state index contributed by atoms with van der Waals surface area (Å²) in [6.07, 6.45) is 3.82. The molecule has 2 aromatic rings. The highest BCUT2D eigenvalue weighted by atomic mass is 16.5. The SMILES string of the molecule is CCCCn1nc(C(=O)NC(C)C2CCCO2)c2ccccc2c1=O. The molecular formula is C19H25N3O3. The van der Waals surface area contributed by atoms with Crippen LogP contribution in [0.3, 0.4) is 0 Å². The topological polar surface area (TPSA) is 73.2 Å². The number of unbranched alkanes of at least 4 members (excludes halogenated alkanes) is 1. The molecule has 1 N–H and O–H groups in total. The van der Waals surface area contributed by atoms with Gasteiger partial charge in [0.1, 0.15) is 0 Å². The number of amides is 1. The Balaban J connectivity index is 1.94. The largest absolute Gasteiger partial charge is 0.376 e. The Morgan fingerprint density at radius 3 is 2.84 bits per heavy atom. The van der Waals surface area contributed by atoms with Crippen molar-refractivity contribution in [1.82, 2.24) is 15.1 Å². The van der Waals surface area contributed by atoms with Crippen molar-refractivity contribution in [3.63, 3.8) is 0 Å². The monoisotopic (exact) mass is 343 g/mol. The molecule has 1 aliphatic rings. The molecule has 0 bridgehead atoms. The molecular weight excluding hydrogens is 318 g/mol. The van der Waals surface area contributed by atoms with Crippen LogP contribution in [0, 0.1) is 0 Å². The third-order valence-corrected chi connectivity index (χ3v) is 4.69. The third kappa shape index (κ3) is 3.74. The first-order chi connectivity index (χ1) is 12.1. The lowest BCUT2D eigenvalue weighted by Gasteiger charge is -2.20. The summed E-state index contributed by atoms with van der Waals surface area (Å²) in [4.78, 5) is 25.4. The molecule has 134 valence electrons. The van der Waals surface area contributed by atoms with Gasteiger partial charge in [-0.25, -0.2) is 4.68 Å². The van der Waals surface area contributed by atoms with Crippen LogP contribution >= 0.6 is 0 Å². The molecule has 2 atom stereocenters. The Bertz CT molecular complexity index is 809. The molecule has 0 radical (unpaired) electrons. The smallest absolute Gasteiger partial charge is 0.274 e. The number of carbonyl (C=O) groups is 1. The van der Waals surface area contributed by atoms with Gasteiger partial charge in [-0.15, -0.1) is 0 Å². The van der Waals surface area contributed by atoms with Crippen molar-refractivity contribution in [2.24, 2.45) is 0 Å². The number of aryl methyl sites for hydroxylation is 1. The summed E-state index contributed by atoms with van der Waals surface area (Å²) in [5, 5.41) is 8.49. The third-order valence-electron chi connectivity index (χ3n) is 4.69. The van der Waals surface area contributed by atoms with Crippen LogP contribution in [-0.4, -0.2) is 34.4 Å². The molecule has 1 saturated heterocycles. The van der Waals surface area contributed by atoms with Crippen LogP contribution in [0.4, 0.5) is 0 Å². The van der Waals surface area contributed by atoms with Gasteiger partial charge in [-0.1, -0.05) is 31.5 Å². The number of rotatable bonds is 6. The fraction of sp³-hybridized carbons (Fsp3) is 0.526. The van der Waals surface area contributed by atoms with E-state index in [-0.39, 0.29) is 23.6 Å². The first kappa shape index (κ1) is 17.6. The second-order valence-electron chi connectivity index (χ2n) is 6.59. The van der Waals surface area contributed by atoms with Crippen LogP contribution in [-0.2, 0) is 11.3 Å². The molecule has 2 heterocycles. The lowest BCUT2D eigenvalue weighted by molar-refractivity contribution is 0.0709. The second-order valence-corrected chi connectivity index (χ2v) is 6.59. The number of hydrogen-bond acceptors (Lipinski definition) is 4. The minimum atomic E-state index is -0.260. The van der Waals surface area contributed by atoms with E-state index in [1.165, 1.54) is 4.68 Å². The Hall–Kier alpha value is -2.21. The Morgan fingerprint density at radius 1 is 1.40 bits per heavy atom. The number of fused-ring (bicyclic) bond motifs is 1. The van der Waals surface area contributed by atoms with Crippen LogP contribution in [0.2, 0.25) is 0 Å². The molecule has 6 heteroatoms. The Labute approximate surface area is 147 Å². The number of nitrogens with one attached hydrogen (secondary N) is 1. The van der Waals surface area contributed by atoms with E-state index >= 15 is 0 Å². The van der Waals surface area contributed by atoms with E-state index in [4.69, 9.17) is 4.74 Å². The highest BCUT2D eigenvalue weighted by molar-refractivity contribution is 6.04. The van der Waals surface area contributed by atoms with Gasteiger partial charge in [-0.2, -0.15) is 5.10 Å². The quantitative estimate of drug-likeness (QED) is 0.874. The molecule has 0 aliphatic carbocycles. The summed E-state index contributed by atoms with van der Waals surface area (Å²) in [7, 11) is 0. The maximum absolute atomic E-state index is 12.8.